The topological polar surface area (TPSA) is 73.0 Å². The van der Waals surface area contributed by atoms with Crippen molar-refractivity contribution in [1.29, 1.82) is 0 Å². The molecule has 1 N–H and O–H groups in total. The maximum atomic E-state index is 14.8. The Hall–Kier alpha value is -1.71. The fourth-order valence-electron chi connectivity index (χ4n) is 2.43. The van der Waals surface area contributed by atoms with Crippen molar-refractivity contribution in [3.05, 3.63) is 23.9 Å². The van der Waals surface area contributed by atoms with E-state index in [9.17, 15) is 17.6 Å². The number of rotatable bonds is 10. The maximum absolute atomic E-state index is 14.8. The Morgan fingerprint density at radius 3 is 2.80 bits per heavy atom. The quantitative estimate of drug-likeness (QED) is 0.580. The first-order valence-corrected chi connectivity index (χ1v) is 10.1. The summed E-state index contributed by atoms with van der Waals surface area (Å²) in [6, 6.07) is -2.80. The molecule has 2 rings (SSSR count). The Bertz CT molecular complexity index is 1480. The number of anilines is 2. The number of nitrogens with one attached hydrogen (secondary N) is 1. The van der Waals surface area contributed by atoms with Crippen molar-refractivity contribution in [2.45, 2.75) is 33.5 Å². The fourth-order valence-corrected chi connectivity index (χ4v) is 3.17. The van der Waals surface area contributed by atoms with Crippen LogP contribution in [0.25, 0.3) is 0 Å². The molecule has 1 heterocycles. The highest BCUT2D eigenvalue weighted by Crippen LogP contribution is 2.23. The molecule has 1 saturated heterocycles. The molecule has 1 aliphatic heterocycles. The molecule has 1 fully saturated rings. The number of nitrogens with zero attached hydrogens (tertiary/aromatic N) is 3. The van der Waals surface area contributed by atoms with Crippen molar-refractivity contribution >= 4 is 27.3 Å². The molecule has 1 aromatic carbocycles. The molecule has 0 spiro atoms. The van der Waals surface area contributed by atoms with Crippen LogP contribution in [0.1, 0.15) is 58.1 Å². The summed E-state index contributed by atoms with van der Waals surface area (Å²) in [7, 11) is -6.07. The van der Waals surface area contributed by atoms with Crippen molar-refractivity contribution < 1.29 is 43.7 Å². The molecule has 3 atom stereocenters. The number of hydrogen-bond acceptors (Lipinski definition) is 5. The van der Waals surface area contributed by atoms with E-state index in [-0.39, 0.29) is 5.31 Å². The Kier molecular flexibility index (Phi) is 3.33. The van der Waals surface area contributed by atoms with Crippen molar-refractivity contribution in [3.8, 4) is 0 Å². The minimum absolute atomic E-state index is 0.0909. The molecule has 9 heteroatoms. The van der Waals surface area contributed by atoms with Gasteiger partial charge in [0.2, 0.25) is 15.9 Å². The van der Waals surface area contributed by atoms with Crippen LogP contribution in [0, 0.1) is 11.7 Å². The third kappa shape index (κ3) is 7.85. The molecule has 30 heavy (non-hydrogen) atoms. The smallest absolute Gasteiger partial charge is 0.221 e. The van der Waals surface area contributed by atoms with Gasteiger partial charge in [-0.15, -0.1) is 0 Å². The van der Waals surface area contributed by atoms with Crippen molar-refractivity contribution in [3.63, 3.8) is 0 Å². The zero-order valence-electron chi connectivity index (χ0n) is 35.1. The van der Waals surface area contributed by atoms with E-state index in [2.05, 4.69) is 0 Å². The van der Waals surface area contributed by atoms with E-state index in [4.69, 9.17) is 26.1 Å². The summed E-state index contributed by atoms with van der Waals surface area (Å²) in [6.45, 7) is -17.6. The molecule has 1 aromatic rings. The third-order valence-electron chi connectivity index (χ3n) is 3.73. The van der Waals surface area contributed by atoms with Crippen LogP contribution < -0.4 is 10.2 Å². The summed E-state index contributed by atoms with van der Waals surface area (Å²) in [4.78, 5) is 13.7. The van der Waals surface area contributed by atoms with Crippen molar-refractivity contribution in [2.24, 2.45) is 5.89 Å². The van der Waals surface area contributed by atoms with E-state index in [0.29, 0.717) is 0 Å². The Labute approximate surface area is 207 Å². The summed E-state index contributed by atoms with van der Waals surface area (Å²) in [6.07, 6.45) is -1.06. The lowest BCUT2D eigenvalue weighted by atomic mass is 10.2. The zero-order chi connectivity index (χ0) is 38.6. The van der Waals surface area contributed by atoms with Crippen LogP contribution in [0.3, 0.4) is 0 Å². The third-order valence-corrected chi connectivity index (χ3v) is 4.96. The number of halogens is 1. The van der Waals surface area contributed by atoms with Gasteiger partial charge in [0.05, 0.1) is 9.82 Å². The molecule has 0 bridgehead atoms. The number of carbonyl (C=O) groups excluding carboxylic acids is 1. The molecule has 170 valence electrons. The highest BCUT2D eigenvalue weighted by Gasteiger charge is 2.20. The van der Waals surface area contributed by atoms with Crippen molar-refractivity contribution in [2.75, 3.05) is 62.1 Å². The minimum Gasteiger partial charge on any atom is -0.369 e. The predicted molar refractivity (Wildman–Crippen MR) is 120 cm³/mol. The number of piperazine rings is 1. The van der Waals surface area contributed by atoms with Crippen LogP contribution in [-0.4, -0.2) is 75.4 Å². The first-order chi connectivity index (χ1) is 21.8. The molecule has 0 saturated carbocycles. The summed E-state index contributed by atoms with van der Waals surface area (Å²) < 4.78 is 191. The van der Waals surface area contributed by atoms with Crippen LogP contribution in [0.15, 0.2) is 18.1 Å². The largest absolute Gasteiger partial charge is 0.369 e. The summed E-state index contributed by atoms with van der Waals surface area (Å²) in [5, 5.41) is 0.0909. The standard InChI is InChI=1S/C21H35FN4O3S/c1-17(2)16-30(28,29)24(4)7-5-6-8-25-9-11-26(12-10-25)21-14-19(22)13-20(15-21)23-18(3)27/h13-15,17H,5-12,16H2,1-4H3,(H,23,27)/i1D3,2D3,4D3,8D,9D,10D,13D,14D,15D,16D2,17D/hD. The molecule has 7 nitrogen and oxygen atoms in total. The van der Waals surface area contributed by atoms with E-state index >= 15 is 0 Å². The van der Waals surface area contributed by atoms with E-state index < -0.39 is 140 Å². The molecular formula is C21H35FN4O3S. The predicted octanol–water partition coefficient (Wildman–Crippen LogP) is 2.60. The van der Waals surface area contributed by atoms with E-state index in [1.807, 2.05) is 0 Å². The SMILES string of the molecule is [2H]c1c(F)c([2H])c(N([2H])C(C)=O)c([2H])c1N1CC([2H])N(C([2H])CCCN(C([2H])([2H])[2H])S(=O)(=O)C([2H])([2H])C([2H])(C([2H])([2H])[2H])C([2H])([2H])[2H])C([2H])C1. The van der Waals surface area contributed by atoms with Crippen molar-refractivity contribution in [1.82, 2.24) is 9.21 Å². The number of carbonyl (C=O) groups is 1. The Morgan fingerprint density at radius 1 is 1.43 bits per heavy atom. The number of benzene rings is 1. The first kappa shape index (κ1) is 9.03. The minimum atomic E-state index is -6.07. The first-order valence-electron chi connectivity index (χ1n) is 18.4. The summed E-state index contributed by atoms with van der Waals surface area (Å²) >= 11 is 0. The average molecular weight is 462 g/mol. The second-order valence-electron chi connectivity index (χ2n) is 6.11. The molecule has 0 aromatic heterocycles. The highest BCUT2D eigenvalue weighted by atomic mass is 32.2. The number of sulfonamides is 1. The Balaban J connectivity index is 2.35. The summed E-state index contributed by atoms with van der Waals surface area (Å²) in [5.74, 6) is -6.78. The Morgan fingerprint density at radius 2 is 2.17 bits per heavy atom. The van der Waals surface area contributed by atoms with Gasteiger partial charge in [-0.3, -0.25) is 9.69 Å². The van der Waals surface area contributed by atoms with E-state index in [0.717, 1.165) is 16.7 Å². The lowest BCUT2D eigenvalue weighted by molar-refractivity contribution is -0.114. The monoisotopic (exact) mass is 461 g/mol. The second-order valence-corrected chi connectivity index (χ2v) is 7.71. The number of amides is 1. The van der Waals surface area contributed by atoms with Crippen LogP contribution in [0.5, 0.6) is 0 Å². The second kappa shape index (κ2) is 11.1. The lowest BCUT2D eigenvalue weighted by Crippen LogP contribution is -2.46. The maximum Gasteiger partial charge on any atom is 0.221 e. The van der Waals surface area contributed by atoms with Gasteiger partial charge in [0.1, 0.15) is 5.82 Å². The normalized spacial score (nSPS) is 33.0. The van der Waals surface area contributed by atoms with Gasteiger partial charge in [0.25, 0.3) is 0 Å². The van der Waals surface area contributed by atoms with Gasteiger partial charge < -0.3 is 10.2 Å². The van der Waals surface area contributed by atoms with Gasteiger partial charge in [0.15, 0.2) is 1.41 Å². The molecular weight excluding hydrogens is 407 g/mol. The van der Waals surface area contributed by atoms with Crippen LogP contribution in [-0.2, 0) is 14.8 Å². The lowest BCUT2D eigenvalue weighted by Gasteiger charge is -2.36. The van der Waals surface area contributed by atoms with Crippen LogP contribution in [0.4, 0.5) is 15.8 Å². The molecule has 0 radical (unpaired) electrons. The highest BCUT2D eigenvalue weighted by molar-refractivity contribution is 7.89. The van der Waals surface area contributed by atoms with Crippen LogP contribution in [0.2, 0.25) is 1.41 Å². The molecule has 3 unspecified atom stereocenters. The van der Waals surface area contributed by atoms with E-state index in [1.54, 1.807) is 0 Å². The van der Waals surface area contributed by atoms with Gasteiger partial charge in [-0.05, 0) is 43.4 Å². The average Bonchev–Trinajstić information content (AvgIpc) is 2.91. The fraction of sp³-hybridized carbons (Fsp3) is 0.667. The van der Waals surface area contributed by atoms with Gasteiger partial charge in [-0.1, -0.05) is 13.7 Å². The summed E-state index contributed by atoms with van der Waals surface area (Å²) in [5.41, 5.74) is -5.81. The van der Waals surface area contributed by atoms with Gasteiger partial charge in [0, 0.05) is 78.5 Å². The van der Waals surface area contributed by atoms with Crippen LogP contribution >= 0.6 is 0 Å². The van der Waals surface area contributed by atoms with E-state index in [1.165, 1.54) is 0 Å². The van der Waals surface area contributed by atoms with Gasteiger partial charge in [-0.25, -0.2) is 17.1 Å². The van der Waals surface area contributed by atoms with Gasteiger partial charge >= 0.3 is 0 Å². The van der Waals surface area contributed by atoms with Gasteiger partial charge in [-0.2, -0.15) is 0 Å². The molecule has 0 aliphatic carbocycles. The molecule has 1 amide bonds. The molecule has 1 aliphatic rings. The zero-order valence-corrected chi connectivity index (χ0v) is 16.9. The number of hydrogen-bond donors (Lipinski definition) is 1.